The number of nitrogens with zero attached hydrogens (tertiary/aromatic N) is 1. The van der Waals surface area contributed by atoms with E-state index in [1.807, 2.05) is 33.9 Å². The zero-order valence-corrected chi connectivity index (χ0v) is 12.8. The summed E-state index contributed by atoms with van der Waals surface area (Å²) in [5.74, 6) is 0.370. The smallest absolute Gasteiger partial charge is 0.268 e. The van der Waals surface area contributed by atoms with Crippen LogP contribution < -0.4 is 0 Å². The van der Waals surface area contributed by atoms with Crippen molar-refractivity contribution in [1.82, 2.24) is 4.98 Å². The molecule has 0 aliphatic rings. The van der Waals surface area contributed by atoms with E-state index in [4.69, 9.17) is 8.84 Å². The first-order valence-electron chi connectivity index (χ1n) is 5.92. The van der Waals surface area contributed by atoms with Crippen LogP contribution in [0.25, 0.3) is 0 Å². The first-order chi connectivity index (χ1) is 8.04. The quantitative estimate of drug-likeness (QED) is 0.769. The van der Waals surface area contributed by atoms with E-state index in [-0.39, 0.29) is 10.7 Å². The fourth-order valence-electron chi connectivity index (χ4n) is 1.25. The van der Waals surface area contributed by atoms with E-state index in [2.05, 4.69) is 4.98 Å². The van der Waals surface area contributed by atoms with Gasteiger partial charge < -0.3 is 8.84 Å². The number of oxazole rings is 1. The minimum Gasteiger partial charge on any atom is -0.449 e. The van der Waals surface area contributed by atoms with E-state index >= 15 is 0 Å². The fraction of sp³-hybridized carbons (Fsp3) is 0.750. The molecular weight excluding hydrogens is 256 g/mol. The first-order valence-corrected chi connectivity index (χ1v) is 8.83. The molecule has 104 valence electrons. The summed E-state index contributed by atoms with van der Waals surface area (Å²) < 4.78 is 37.0. The highest BCUT2D eigenvalue weighted by atomic mass is 28.4. The van der Waals surface area contributed by atoms with E-state index in [1.54, 1.807) is 6.92 Å². The Balaban J connectivity index is 2.95. The molecule has 0 aromatic carbocycles. The van der Waals surface area contributed by atoms with Gasteiger partial charge in [0, 0.05) is 6.92 Å². The van der Waals surface area contributed by atoms with Crippen LogP contribution in [0.5, 0.6) is 0 Å². The molecule has 0 saturated carbocycles. The second-order valence-corrected chi connectivity index (χ2v) is 10.7. The van der Waals surface area contributed by atoms with Gasteiger partial charge in [-0.1, -0.05) is 20.8 Å². The lowest BCUT2D eigenvalue weighted by Crippen LogP contribution is -2.43. The average Bonchev–Trinajstić information content (AvgIpc) is 2.59. The summed E-state index contributed by atoms with van der Waals surface area (Å²) in [7, 11) is -2.27. The molecule has 0 aliphatic carbocycles. The van der Waals surface area contributed by atoms with Crippen molar-refractivity contribution in [2.45, 2.75) is 58.4 Å². The highest BCUT2D eigenvalue weighted by Gasteiger charge is 2.42. The number of alkyl halides is 2. The van der Waals surface area contributed by atoms with Gasteiger partial charge in [0.1, 0.15) is 12.0 Å². The molecule has 1 aromatic rings. The molecule has 6 heteroatoms. The molecule has 0 aliphatic heterocycles. The molecule has 0 saturated heterocycles. The van der Waals surface area contributed by atoms with Crippen molar-refractivity contribution in [2.24, 2.45) is 0 Å². The maximum absolute atomic E-state index is 13.1. The monoisotopic (exact) mass is 277 g/mol. The van der Waals surface area contributed by atoms with Crippen LogP contribution in [-0.2, 0) is 4.43 Å². The summed E-state index contributed by atoms with van der Waals surface area (Å²) in [5, 5.41) is -0.126. The van der Waals surface area contributed by atoms with Gasteiger partial charge in [0.2, 0.25) is 0 Å². The third-order valence-electron chi connectivity index (χ3n) is 3.38. The lowest BCUT2D eigenvalue weighted by atomic mass is 10.2. The molecule has 18 heavy (non-hydrogen) atoms. The van der Waals surface area contributed by atoms with Gasteiger partial charge in [-0.2, -0.15) is 0 Å². The maximum Gasteiger partial charge on any atom is 0.268 e. The van der Waals surface area contributed by atoms with E-state index < -0.39 is 20.8 Å². The molecule has 3 nitrogen and oxygen atoms in total. The van der Waals surface area contributed by atoms with Gasteiger partial charge in [0.15, 0.2) is 20.3 Å². The highest BCUT2D eigenvalue weighted by molar-refractivity contribution is 6.74. The van der Waals surface area contributed by atoms with Crippen LogP contribution in [0.3, 0.4) is 0 Å². The Hall–Kier alpha value is -0.753. The molecule has 1 atom stereocenters. The lowest BCUT2D eigenvalue weighted by molar-refractivity contribution is -0.000212. The van der Waals surface area contributed by atoms with Crippen LogP contribution in [0.2, 0.25) is 18.1 Å². The van der Waals surface area contributed by atoms with Crippen molar-refractivity contribution >= 4 is 8.32 Å². The maximum atomic E-state index is 13.1. The molecule has 1 aromatic heterocycles. The lowest BCUT2D eigenvalue weighted by Gasteiger charge is -2.38. The Morgan fingerprint density at radius 3 is 2.22 bits per heavy atom. The van der Waals surface area contributed by atoms with Gasteiger partial charge >= 0.3 is 0 Å². The summed E-state index contributed by atoms with van der Waals surface area (Å²) in [6.07, 6.45) is -2.66. The zero-order chi connectivity index (χ0) is 14.1. The number of aromatic nitrogens is 1. The van der Waals surface area contributed by atoms with Crippen LogP contribution in [0.4, 0.5) is 8.78 Å². The minimum absolute atomic E-state index is 0.126. The Morgan fingerprint density at radius 1 is 1.33 bits per heavy atom. The fourth-order valence-corrected chi connectivity index (χ4v) is 2.46. The number of aryl methyl sites for hydroxylation is 1. The van der Waals surface area contributed by atoms with Crippen LogP contribution in [0.1, 0.15) is 38.5 Å². The van der Waals surface area contributed by atoms with Crippen molar-refractivity contribution in [1.29, 1.82) is 0 Å². The van der Waals surface area contributed by atoms with E-state index in [0.29, 0.717) is 5.89 Å². The summed E-state index contributed by atoms with van der Waals surface area (Å²) in [6.45, 7) is 11.5. The third kappa shape index (κ3) is 3.38. The predicted molar refractivity (Wildman–Crippen MR) is 68.3 cm³/mol. The van der Waals surface area contributed by atoms with Crippen molar-refractivity contribution in [3.05, 3.63) is 17.8 Å². The standard InChI is InChI=1S/C12H21F2NO2Si/c1-8-15-9(7-16-8)10(11(13)14)17-18(5,6)12(2,3)4/h7,10-11H,1-6H3. The van der Waals surface area contributed by atoms with E-state index in [0.717, 1.165) is 0 Å². The van der Waals surface area contributed by atoms with E-state index in [9.17, 15) is 8.78 Å². The molecule has 0 N–H and O–H groups in total. The Bertz CT molecular complexity index is 399. The number of hydrogen-bond acceptors (Lipinski definition) is 3. The van der Waals surface area contributed by atoms with Gasteiger partial charge in [0.25, 0.3) is 6.43 Å². The topological polar surface area (TPSA) is 35.3 Å². The second kappa shape index (κ2) is 5.09. The first kappa shape index (κ1) is 15.3. The van der Waals surface area contributed by atoms with Gasteiger partial charge in [-0.25, -0.2) is 13.8 Å². The third-order valence-corrected chi connectivity index (χ3v) is 7.84. The molecule has 1 rings (SSSR count). The van der Waals surface area contributed by atoms with Gasteiger partial charge in [0.05, 0.1) is 0 Å². The largest absolute Gasteiger partial charge is 0.449 e. The van der Waals surface area contributed by atoms with Crippen molar-refractivity contribution in [3.8, 4) is 0 Å². The zero-order valence-electron chi connectivity index (χ0n) is 11.8. The summed E-state index contributed by atoms with van der Waals surface area (Å²) >= 11 is 0. The average molecular weight is 277 g/mol. The molecule has 0 radical (unpaired) electrons. The van der Waals surface area contributed by atoms with E-state index in [1.165, 1.54) is 6.26 Å². The van der Waals surface area contributed by atoms with Crippen molar-refractivity contribution in [2.75, 3.05) is 0 Å². The van der Waals surface area contributed by atoms with Crippen molar-refractivity contribution in [3.63, 3.8) is 0 Å². The number of hydrogen-bond donors (Lipinski definition) is 0. The number of rotatable bonds is 4. The SMILES string of the molecule is Cc1nc(C(O[Si](C)(C)C(C)(C)C)C(F)F)co1. The number of halogens is 2. The molecule has 1 heterocycles. The Morgan fingerprint density at radius 2 is 1.89 bits per heavy atom. The summed E-state index contributed by atoms with van der Waals surface area (Å²) in [6, 6.07) is 0. The van der Waals surface area contributed by atoms with Crippen molar-refractivity contribution < 1.29 is 17.6 Å². The molecule has 0 amide bonds. The van der Waals surface area contributed by atoms with Crippen LogP contribution in [-0.4, -0.2) is 19.7 Å². The molecule has 1 unspecified atom stereocenters. The predicted octanol–water partition coefficient (Wildman–Crippen LogP) is 4.31. The highest BCUT2D eigenvalue weighted by Crippen LogP contribution is 2.40. The second-order valence-electron chi connectivity index (χ2n) is 5.92. The van der Waals surface area contributed by atoms with Gasteiger partial charge in [-0.15, -0.1) is 0 Å². The molecule has 0 spiro atoms. The Kier molecular flexibility index (Phi) is 4.33. The normalized spacial score (nSPS) is 15.2. The van der Waals surface area contributed by atoms with Crippen LogP contribution in [0.15, 0.2) is 10.7 Å². The van der Waals surface area contributed by atoms with Gasteiger partial charge in [-0.05, 0) is 18.1 Å². The minimum atomic E-state index is -2.61. The summed E-state index contributed by atoms with van der Waals surface area (Å²) in [4.78, 5) is 3.95. The van der Waals surface area contributed by atoms with Crippen LogP contribution in [0, 0.1) is 6.92 Å². The Labute approximate surface area is 108 Å². The molecule has 0 fully saturated rings. The van der Waals surface area contributed by atoms with Gasteiger partial charge in [-0.3, -0.25) is 0 Å². The molecular formula is C12H21F2NO2Si. The van der Waals surface area contributed by atoms with Crippen LogP contribution >= 0.6 is 0 Å². The summed E-state index contributed by atoms with van der Waals surface area (Å²) in [5.41, 5.74) is 0.173. The molecule has 0 bridgehead atoms.